The summed E-state index contributed by atoms with van der Waals surface area (Å²) in [7, 11) is 0. The van der Waals surface area contributed by atoms with Gasteiger partial charge in [-0.3, -0.25) is 4.79 Å². The van der Waals surface area contributed by atoms with Crippen LogP contribution in [0.4, 0.5) is 0 Å². The molecule has 0 fully saturated rings. The fraction of sp³-hybridized carbons (Fsp3) is 0.357. The largest absolute Gasteiger partial charge is 0.396 e. The zero-order valence-electron chi connectivity index (χ0n) is 9.93. The van der Waals surface area contributed by atoms with Crippen molar-refractivity contribution in [1.82, 2.24) is 5.32 Å². The third-order valence-electron chi connectivity index (χ3n) is 2.36. The molecule has 0 saturated carbocycles. The van der Waals surface area contributed by atoms with E-state index < -0.39 is 0 Å². The molecule has 0 spiro atoms. The van der Waals surface area contributed by atoms with E-state index in [-0.39, 0.29) is 12.5 Å². The van der Waals surface area contributed by atoms with Gasteiger partial charge in [0.15, 0.2) is 0 Å². The van der Waals surface area contributed by atoms with Crippen molar-refractivity contribution in [3.8, 4) is 0 Å². The zero-order chi connectivity index (χ0) is 12.3. The summed E-state index contributed by atoms with van der Waals surface area (Å²) < 4.78 is 0. The quantitative estimate of drug-likeness (QED) is 0.559. The van der Waals surface area contributed by atoms with Crippen LogP contribution >= 0.6 is 0 Å². The minimum absolute atomic E-state index is 0.0714. The highest BCUT2D eigenvalue weighted by atomic mass is 16.2. The van der Waals surface area contributed by atoms with Gasteiger partial charge in [0, 0.05) is 19.2 Å². The molecule has 1 rings (SSSR count). The van der Waals surface area contributed by atoms with Gasteiger partial charge in [0.05, 0.1) is 0 Å². The van der Waals surface area contributed by atoms with Crippen LogP contribution in [-0.2, 0) is 4.79 Å². The van der Waals surface area contributed by atoms with Gasteiger partial charge in [-0.05, 0) is 30.9 Å². The molecular weight excluding hydrogens is 214 g/mol. The molecule has 1 aromatic carbocycles. The molecule has 0 heterocycles. The SMILES string of the molecule is O=C(C=Cc1ccccc1)NCCCCCO. The summed E-state index contributed by atoms with van der Waals surface area (Å²) in [6.07, 6.45) is 5.99. The van der Waals surface area contributed by atoms with Crippen molar-refractivity contribution in [2.45, 2.75) is 19.3 Å². The van der Waals surface area contributed by atoms with Crippen LogP contribution in [0, 0.1) is 0 Å². The Labute approximate surface area is 102 Å². The van der Waals surface area contributed by atoms with Gasteiger partial charge in [-0.25, -0.2) is 0 Å². The maximum Gasteiger partial charge on any atom is 0.243 e. The number of amides is 1. The average molecular weight is 233 g/mol. The lowest BCUT2D eigenvalue weighted by molar-refractivity contribution is -0.116. The molecule has 0 unspecified atom stereocenters. The number of aliphatic hydroxyl groups excluding tert-OH is 1. The molecule has 3 nitrogen and oxygen atoms in total. The molecule has 0 bridgehead atoms. The van der Waals surface area contributed by atoms with Gasteiger partial charge in [-0.2, -0.15) is 0 Å². The third-order valence-corrected chi connectivity index (χ3v) is 2.36. The fourth-order valence-corrected chi connectivity index (χ4v) is 1.42. The maximum absolute atomic E-state index is 11.4. The van der Waals surface area contributed by atoms with Gasteiger partial charge in [0.25, 0.3) is 0 Å². The van der Waals surface area contributed by atoms with E-state index >= 15 is 0 Å². The van der Waals surface area contributed by atoms with Gasteiger partial charge in [-0.1, -0.05) is 30.3 Å². The summed E-state index contributed by atoms with van der Waals surface area (Å²) in [6.45, 7) is 0.889. The molecule has 0 aliphatic rings. The smallest absolute Gasteiger partial charge is 0.243 e. The highest BCUT2D eigenvalue weighted by molar-refractivity contribution is 5.91. The molecule has 0 aliphatic heterocycles. The Morgan fingerprint density at radius 1 is 1.18 bits per heavy atom. The van der Waals surface area contributed by atoms with Crippen molar-refractivity contribution in [2.24, 2.45) is 0 Å². The number of hydrogen-bond donors (Lipinski definition) is 2. The van der Waals surface area contributed by atoms with Crippen LogP contribution in [0.1, 0.15) is 24.8 Å². The maximum atomic E-state index is 11.4. The van der Waals surface area contributed by atoms with E-state index in [9.17, 15) is 4.79 Å². The van der Waals surface area contributed by atoms with Crippen LogP contribution in [0.25, 0.3) is 6.08 Å². The molecule has 0 saturated heterocycles. The Balaban J connectivity index is 2.19. The normalized spacial score (nSPS) is 10.6. The summed E-state index contributed by atoms with van der Waals surface area (Å²) in [5, 5.41) is 11.4. The molecule has 0 radical (unpaired) electrons. The highest BCUT2D eigenvalue weighted by Gasteiger charge is 1.94. The number of rotatable bonds is 7. The van der Waals surface area contributed by atoms with Crippen molar-refractivity contribution in [2.75, 3.05) is 13.2 Å². The van der Waals surface area contributed by atoms with Crippen molar-refractivity contribution in [3.05, 3.63) is 42.0 Å². The number of hydrogen-bond acceptors (Lipinski definition) is 2. The molecule has 0 aromatic heterocycles. The Kier molecular flexibility index (Phi) is 6.75. The van der Waals surface area contributed by atoms with Gasteiger partial charge in [-0.15, -0.1) is 0 Å². The number of nitrogens with one attached hydrogen (secondary N) is 1. The first-order valence-electron chi connectivity index (χ1n) is 5.95. The van der Waals surface area contributed by atoms with Crippen LogP contribution < -0.4 is 5.32 Å². The lowest BCUT2D eigenvalue weighted by atomic mass is 10.2. The van der Waals surface area contributed by atoms with E-state index in [1.807, 2.05) is 30.3 Å². The lowest BCUT2D eigenvalue weighted by Gasteiger charge is -2.01. The molecule has 2 N–H and O–H groups in total. The van der Waals surface area contributed by atoms with E-state index in [0.29, 0.717) is 6.54 Å². The van der Waals surface area contributed by atoms with Crippen molar-refractivity contribution >= 4 is 12.0 Å². The number of aliphatic hydroxyl groups is 1. The van der Waals surface area contributed by atoms with Crippen LogP contribution in [0.3, 0.4) is 0 Å². The molecule has 1 aromatic rings. The monoisotopic (exact) mass is 233 g/mol. The Morgan fingerprint density at radius 2 is 1.94 bits per heavy atom. The van der Waals surface area contributed by atoms with Crippen molar-refractivity contribution in [3.63, 3.8) is 0 Å². The molecule has 0 aliphatic carbocycles. The highest BCUT2D eigenvalue weighted by Crippen LogP contribution is 2.00. The summed E-state index contributed by atoms with van der Waals surface area (Å²) >= 11 is 0. The molecule has 1 amide bonds. The van der Waals surface area contributed by atoms with E-state index in [0.717, 1.165) is 24.8 Å². The Hall–Kier alpha value is -1.61. The molecular formula is C14H19NO2. The second-order valence-corrected chi connectivity index (χ2v) is 3.82. The third kappa shape index (κ3) is 6.53. The van der Waals surface area contributed by atoms with Crippen LogP contribution in [0.2, 0.25) is 0 Å². The summed E-state index contributed by atoms with van der Waals surface area (Å²) in [6, 6.07) is 9.72. The van der Waals surface area contributed by atoms with Crippen LogP contribution in [0.15, 0.2) is 36.4 Å². The van der Waals surface area contributed by atoms with Gasteiger partial charge in [0.1, 0.15) is 0 Å². The molecule has 0 atom stereocenters. The molecule has 17 heavy (non-hydrogen) atoms. The zero-order valence-corrected chi connectivity index (χ0v) is 9.93. The van der Waals surface area contributed by atoms with E-state index in [1.54, 1.807) is 12.2 Å². The topological polar surface area (TPSA) is 49.3 Å². The predicted molar refractivity (Wildman–Crippen MR) is 69.4 cm³/mol. The first-order chi connectivity index (χ1) is 8.33. The second kappa shape index (κ2) is 8.53. The predicted octanol–water partition coefficient (Wildman–Crippen LogP) is 1.98. The fourth-order valence-electron chi connectivity index (χ4n) is 1.42. The van der Waals surface area contributed by atoms with E-state index in [4.69, 9.17) is 5.11 Å². The summed E-state index contributed by atoms with van der Waals surface area (Å²) in [4.78, 5) is 11.4. The molecule has 92 valence electrons. The molecule has 3 heteroatoms. The minimum Gasteiger partial charge on any atom is -0.396 e. The van der Waals surface area contributed by atoms with Crippen LogP contribution in [-0.4, -0.2) is 24.2 Å². The van der Waals surface area contributed by atoms with Gasteiger partial charge >= 0.3 is 0 Å². The van der Waals surface area contributed by atoms with Gasteiger partial charge < -0.3 is 10.4 Å². The number of carbonyl (C=O) groups is 1. The van der Waals surface area contributed by atoms with Crippen LogP contribution in [0.5, 0.6) is 0 Å². The number of unbranched alkanes of at least 4 members (excludes halogenated alkanes) is 2. The number of carbonyl (C=O) groups excluding carboxylic acids is 1. The second-order valence-electron chi connectivity index (χ2n) is 3.82. The van der Waals surface area contributed by atoms with E-state index in [1.165, 1.54) is 0 Å². The lowest BCUT2D eigenvalue weighted by Crippen LogP contribution is -2.22. The summed E-state index contributed by atoms with van der Waals surface area (Å²) in [5.41, 5.74) is 1.02. The Morgan fingerprint density at radius 3 is 2.65 bits per heavy atom. The van der Waals surface area contributed by atoms with Crippen molar-refractivity contribution in [1.29, 1.82) is 0 Å². The van der Waals surface area contributed by atoms with Crippen molar-refractivity contribution < 1.29 is 9.90 Å². The first kappa shape index (κ1) is 13.5. The Bertz CT molecular complexity index is 346. The van der Waals surface area contributed by atoms with Gasteiger partial charge in [0.2, 0.25) is 5.91 Å². The standard InChI is InChI=1S/C14H19NO2/c16-12-6-2-5-11-15-14(17)10-9-13-7-3-1-4-8-13/h1,3-4,7-10,16H,2,5-6,11-12H2,(H,15,17). The summed E-state index contributed by atoms with van der Waals surface area (Å²) in [5.74, 6) is -0.0714. The number of benzene rings is 1. The minimum atomic E-state index is -0.0714. The average Bonchev–Trinajstić information content (AvgIpc) is 2.37. The van der Waals surface area contributed by atoms with E-state index in [2.05, 4.69) is 5.32 Å². The first-order valence-corrected chi connectivity index (χ1v) is 5.95.